The van der Waals surface area contributed by atoms with Crippen LogP contribution in [0.2, 0.25) is 5.02 Å². The fourth-order valence-corrected chi connectivity index (χ4v) is 2.32. The first-order valence-electron chi connectivity index (χ1n) is 6.14. The zero-order valence-electron chi connectivity index (χ0n) is 11.2. The molecule has 3 nitrogen and oxygen atoms in total. The van der Waals surface area contributed by atoms with Gasteiger partial charge in [-0.15, -0.1) is 0 Å². The number of rotatable bonds is 4. The van der Waals surface area contributed by atoms with E-state index in [-0.39, 0.29) is 11.7 Å². The first-order chi connectivity index (χ1) is 8.82. The van der Waals surface area contributed by atoms with Gasteiger partial charge in [-0.3, -0.25) is 4.79 Å². The molecule has 0 amide bonds. The van der Waals surface area contributed by atoms with Crippen molar-refractivity contribution in [1.29, 1.82) is 0 Å². The van der Waals surface area contributed by atoms with Crippen molar-refractivity contribution in [3.63, 3.8) is 0 Å². The Morgan fingerprint density at radius 1 is 1.47 bits per heavy atom. The van der Waals surface area contributed by atoms with E-state index in [0.717, 1.165) is 5.57 Å². The van der Waals surface area contributed by atoms with E-state index in [4.69, 9.17) is 16.3 Å². The summed E-state index contributed by atoms with van der Waals surface area (Å²) in [7, 11) is 1.53. The van der Waals surface area contributed by atoms with Crippen molar-refractivity contribution < 1.29 is 14.6 Å². The topological polar surface area (TPSA) is 46.5 Å². The maximum absolute atomic E-state index is 12.2. The number of Topliss-reactive ketones (excluding diaryl/α,β-unsaturated/α-hetero) is 1. The molecule has 0 heterocycles. The summed E-state index contributed by atoms with van der Waals surface area (Å²) in [5.74, 6) is 0.556. The van der Waals surface area contributed by atoms with E-state index in [9.17, 15) is 9.90 Å². The average Bonchev–Trinajstić information content (AvgIpc) is 2.24. The minimum Gasteiger partial charge on any atom is -0.495 e. The van der Waals surface area contributed by atoms with Gasteiger partial charge in [0.2, 0.25) is 0 Å². The Morgan fingerprint density at radius 2 is 2.11 bits per heavy atom. The second-order valence-electron chi connectivity index (χ2n) is 5.33. The van der Waals surface area contributed by atoms with Crippen molar-refractivity contribution in [3.8, 4) is 5.75 Å². The molecule has 1 N–H and O–H groups in total. The summed E-state index contributed by atoms with van der Waals surface area (Å²) in [4.78, 5) is 12.2. The van der Waals surface area contributed by atoms with Gasteiger partial charge in [0.15, 0.2) is 5.78 Å². The van der Waals surface area contributed by atoms with Crippen LogP contribution in [0.15, 0.2) is 29.8 Å². The van der Waals surface area contributed by atoms with Gasteiger partial charge < -0.3 is 9.84 Å². The number of carbonyl (C=O) groups excluding carboxylic acids is 1. The summed E-state index contributed by atoms with van der Waals surface area (Å²) in [5, 5.41) is 10.2. The molecule has 0 aliphatic heterocycles. The fraction of sp³-hybridized carbons (Fsp3) is 0.400. The van der Waals surface area contributed by atoms with Crippen molar-refractivity contribution >= 4 is 17.4 Å². The van der Waals surface area contributed by atoms with Gasteiger partial charge in [0.05, 0.1) is 17.7 Å². The molecule has 0 saturated heterocycles. The van der Waals surface area contributed by atoms with Crippen LogP contribution in [0, 0.1) is 5.92 Å². The van der Waals surface area contributed by atoms with Gasteiger partial charge in [0.25, 0.3) is 0 Å². The normalized spacial score (nSPS) is 18.6. The number of carbonyl (C=O) groups is 1. The summed E-state index contributed by atoms with van der Waals surface area (Å²) in [6.07, 6.45) is 2.44. The fourth-order valence-electron chi connectivity index (χ4n) is 2.06. The van der Waals surface area contributed by atoms with E-state index < -0.39 is 5.60 Å². The zero-order chi connectivity index (χ0) is 14.2. The molecule has 0 radical (unpaired) electrons. The van der Waals surface area contributed by atoms with E-state index in [1.165, 1.54) is 7.11 Å². The highest BCUT2D eigenvalue weighted by Crippen LogP contribution is 2.37. The van der Waals surface area contributed by atoms with Gasteiger partial charge in [-0.05, 0) is 44.0 Å². The Hall–Kier alpha value is -1.32. The second-order valence-corrected chi connectivity index (χ2v) is 5.74. The lowest BCUT2D eigenvalue weighted by Gasteiger charge is -2.34. The molecule has 19 heavy (non-hydrogen) atoms. The molecule has 102 valence electrons. The van der Waals surface area contributed by atoms with Crippen LogP contribution in [-0.4, -0.2) is 23.6 Å². The first kappa shape index (κ1) is 14.1. The predicted molar refractivity (Wildman–Crippen MR) is 74.8 cm³/mol. The molecular formula is C15H17ClO3. The zero-order valence-corrected chi connectivity index (χ0v) is 12.0. The third-order valence-electron chi connectivity index (χ3n) is 3.46. The maximum Gasteiger partial charge on any atom is 0.188 e. The summed E-state index contributed by atoms with van der Waals surface area (Å²) >= 11 is 6.00. The van der Waals surface area contributed by atoms with Gasteiger partial charge >= 0.3 is 0 Å². The molecular weight excluding hydrogens is 264 g/mol. The van der Waals surface area contributed by atoms with E-state index in [2.05, 4.69) is 0 Å². The standard InChI is InChI=1S/C15H17ClO3/c1-15(2,18)11-6-10(7-11)14(17)9-4-5-13(19-3)12(16)8-9/h4-6,8,11,18H,7H2,1-3H3. The highest BCUT2D eigenvalue weighted by Gasteiger charge is 2.34. The van der Waals surface area contributed by atoms with Crippen LogP contribution < -0.4 is 4.74 Å². The number of aliphatic hydroxyl groups is 1. The average molecular weight is 281 g/mol. The minimum absolute atomic E-state index is 0.0370. The number of methoxy groups -OCH3 is 1. The van der Waals surface area contributed by atoms with Crippen LogP contribution in [-0.2, 0) is 0 Å². The Balaban J connectivity index is 2.17. The summed E-state index contributed by atoms with van der Waals surface area (Å²) in [5.41, 5.74) is 0.501. The Labute approximate surface area is 117 Å². The number of hydrogen-bond donors (Lipinski definition) is 1. The van der Waals surface area contributed by atoms with E-state index in [1.807, 2.05) is 6.08 Å². The molecule has 0 fully saturated rings. The lowest BCUT2D eigenvalue weighted by atomic mass is 9.74. The van der Waals surface area contributed by atoms with Crippen LogP contribution >= 0.6 is 11.6 Å². The summed E-state index contributed by atoms with van der Waals surface area (Å²) < 4.78 is 5.05. The van der Waals surface area contributed by atoms with Crippen molar-refractivity contribution in [1.82, 2.24) is 0 Å². The molecule has 4 heteroatoms. The Kier molecular flexibility index (Phi) is 3.70. The van der Waals surface area contributed by atoms with E-state index >= 15 is 0 Å². The number of allylic oxidation sites excluding steroid dienone is 1. The van der Waals surface area contributed by atoms with Gasteiger partial charge in [-0.2, -0.15) is 0 Å². The molecule has 0 bridgehead atoms. The molecule has 1 aromatic carbocycles. The lowest BCUT2D eigenvalue weighted by Crippen LogP contribution is -2.35. The highest BCUT2D eigenvalue weighted by atomic mass is 35.5. The second kappa shape index (κ2) is 4.99. The quantitative estimate of drug-likeness (QED) is 0.861. The Bertz CT molecular complexity index is 541. The van der Waals surface area contributed by atoms with Crippen molar-refractivity contribution in [2.75, 3.05) is 7.11 Å². The van der Waals surface area contributed by atoms with Crippen LogP contribution in [0.5, 0.6) is 5.75 Å². The number of ether oxygens (including phenoxy) is 1. The van der Waals surface area contributed by atoms with Crippen molar-refractivity contribution in [3.05, 3.63) is 40.4 Å². The van der Waals surface area contributed by atoms with Gasteiger partial charge in [-0.1, -0.05) is 17.7 Å². The first-order valence-corrected chi connectivity index (χ1v) is 6.52. The van der Waals surface area contributed by atoms with E-state index in [0.29, 0.717) is 22.8 Å². The van der Waals surface area contributed by atoms with E-state index in [1.54, 1.807) is 32.0 Å². The van der Waals surface area contributed by atoms with Crippen LogP contribution in [0.1, 0.15) is 30.6 Å². The SMILES string of the molecule is COc1ccc(C(=O)C2=CC(C(C)(C)O)C2)cc1Cl. The van der Waals surface area contributed by atoms with Gasteiger partial charge in [0.1, 0.15) is 5.75 Å². The highest BCUT2D eigenvalue weighted by molar-refractivity contribution is 6.32. The third kappa shape index (κ3) is 2.82. The summed E-state index contributed by atoms with van der Waals surface area (Å²) in [6.45, 7) is 3.50. The Morgan fingerprint density at radius 3 is 2.58 bits per heavy atom. The molecule has 1 aliphatic carbocycles. The van der Waals surface area contributed by atoms with Crippen LogP contribution in [0.25, 0.3) is 0 Å². The largest absolute Gasteiger partial charge is 0.495 e. The number of benzene rings is 1. The smallest absolute Gasteiger partial charge is 0.188 e. The minimum atomic E-state index is -0.776. The van der Waals surface area contributed by atoms with Crippen LogP contribution in [0.4, 0.5) is 0 Å². The molecule has 0 spiro atoms. The lowest BCUT2D eigenvalue weighted by molar-refractivity contribution is 0.0291. The summed E-state index contributed by atoms with van der Waals surface area (Å²) in [6, 6.07) is 4.99. The maximum atomic E-state index is 12.2. The predicted octanol–water partition coefficient (Wildman–Crippen LogP) is 3.25. The molecule has 1 atom stereocenters. The molecule has 0 aromatic heterocycles. The molecule has 1 unspecified atom stereocenters. The number of hydrogen-bond acceptors (Lipinski definition) is 3. The van der Waals surface area contributed by atoms with Crippen LogP contribution in [0.3, 0.4) is 0 Å². The van der Waals surface area contributed by atoms with Crippen molar-refractivity contribution in [2.24, 2.45) is 5.92 Å². The molecule has 0 saturated carbocycles. The molecule has 1 aromatic rings. The molecule has 1 aliphatic rings. The molecule has 2 rings (SSSR count). The van der Waals surface area contributed by atoms with Gasteiger partial charge in [-0.25, -0.2) is 0 Å². The van der Waals surface area contributed by atoms with Gasteiger partial charge in [0, 0.05) is 11.5 Å². The van der Waals surface area contributed by atoms with Crippen molar-refractivity contribution in [2.45, 2.75) is 25.9 Å². The number of halogens is 1. The monoisotopic (exact) mass is 280 g/mol. The third-order valence-corrected chi connectivity index (χ3v) is 3.75. The number of ketones is 1.